The standard InChI is InChI=1S/C29H30F4O3/c1-3-35-25-15-10-21(26(30)29(25)33)16-36-22-11-8-20(9-12-22)24-14-13-23(27(31)28(24)32)19-6-4-18(5-7-19)17(2)34/h4-7,10,13-15,17,20,22,34H,3,8-9,11-12,16H2,1-2H3. The maximum Gasteiger partial charge on any atom is 0.200 e. The van der Waals surface area contributed by atoms with Crippen LogP contribution in [0.2, 0.25) is 0 Å². The Hall–Kier alpha value is -2.90. The van der Waals surface area contributed by atoms with Gasteiger partial charge in [-0.05, 0) is 74.3 Å². The lowest BCUT2D eigenvalue weighted by atomic mass is 9.82. The van der Waals surface area contributed by atoms with Crippen LogP contribution in [0.5, 0.6) is 5.75 Å². The Labute approximate surface area is 208 Å². The molecule has 0 spiro atoms. The minimum absolute atomic E-state index is 0.0734. The number of hydrogen-bond donors (Lipinski definition) is 1. The van der Waals surface area contributed by atoms with Crippen LogP contribution >= 0.6 is 0 Å². The van der Waals surface area contributed by atoms with Gasteiger partial charge in [0.1, 0.15) is 0 Å². The summed E-state index contributed by atoms with van der Waals surface area (Å²) in [6.45, 7) is 3.49. The molecule has 3 aromatic rings. The molecule has 0 aromatic heterocycles. The predicted molar refractivity (Wildman–Crippen MR) is 130 cm³/mol. The molecule has 0 amide bonds. The second kappa shape index (κ2) is 11.4. The van der Waals surface area contributed by atoms with Gasteiger partial charge in [-0.3, -0.25) is 0 Å². The van der Waals surface area contributed by atoms with E-state index in [1.807, 2.05) is 0 Å². The maximum atomic E-state index is 15.0. The number of ether oxygens (including phenoxy) is 2. The normalized spacial score (nSPS) is 18.8. The Morgan fingerprint density at radius 3 is 2.17 bits per heavy atom. The minimum atomic E-state index is -1.03. The Balaban J connectivity index is 1.37. The van der Waals surface area contributed by atoms with Gasteiger partial charge in [0.15, 0.2) is 23.2 Å². The molecule has 0 heterocycles. The molecule has 7 heteroatoms. The molecule has 1 atom stereocenters. The highest BCUT2D eigenvalue weighted by molar-refractivity contribution is 5.65. The van der Waals surface area contributed by atoms with Gasteiger partial charge in [0, 0.05) is 11.1 Å². The molecule has 1 fully saturated rings. The first kappa shape index (κ1) is 26.2. The molecule has 0 radical (unpaired) electrons. The molecule has 0 aliphatic heterocycles. The fourth-order valence-corrected chi connectivity index (χ4v) is 4.74. The number of rotatable bonds is 8. The lowest BCUT2D eigenvalue weighted by Gasteiger charge is -2.29. The summed E-state index contributed by atoms with van der Waals surface area (Å²) in [5.74, 6) is -4.01. The second-order valence-corrected chi connectivity index (χ2v) is 9.20. The largest absolute Gasteiger partial charge is 0.491 e. The highest BCUT2D eigenvalue weighted by atomic mass is 19.2. The first-order valence-corrected chi connectivity index (χ1v) is 12.3. The molecule has 1 N–H and O–H groups in total. The van der Waals surface area contributed by atoms with Gasteiger partial charge in [-0.2, -0.15) is 4.39 Å². The molecule has 3 nitrogen and oxygen atoms in total. The van der Waals surface area contributed by atoms with Crippen LogP contribution in [0.1, 0.15) is 68.2 Å². The van der Waals surface area contributed by atoms with Crippen molar-refractivity contribution in [2.75, 3.05) is 6.61 Å². The lowest BCUT2D eigenvalue weighted by molar-refractivity contribution is 0.0116. The van der Waals surface area contributed by atoms with E-state index in [1.54, 1.807) is 50.2 Å². The van der Waals surface area contributed by atoms with Crippen LogP contribution in [-0.4, -0.2) is 17.8 Å². The van der Waals surface area contributed by atoms with Crippen molar-refractivity contribution in [2.24, 2.45) is 0 Å². The highest BCUT2D eigenvalue weighted by Crippen LogP contribution is 2.38. The number of benzene rings is 3. The number of halogens is 4. The van der Waals surface area contributed by atoms with E-state index in [-0.39, 0.29) is 42.1 Å². The molecule has 1 aliphatic rings. The maximum absolute atomic E-state index is 15.0. The van der Waals surface area contributed by atoms with E-state index in [4.69, 9.17) is 9.47 Å². The average molecular weight is 503 g/mol. The summed E-state index contributed by atoms with van der Waals surface area (Å²) in [5, 5.41) is 9.65. The van der Waals surface area contributed by atoms with Gasteiger partial charge < -0.3 is 14.6 Å². The van der Waals surface area contributed by atoms with Crippen LogP contribution in [0.25, 0.3) is 11.1 Å². The molecule has 4 rings (SSSR count). The second-order valence-electron chi connectivity index (χ2n) is 9.20. The molecule has 3 aromatic carbocycles. The van der Waals surface area contributed by atoms with Crippen LogP contribution in [0.4, 0.5) is 17.6 Å². The van der Waals surface area contributed by atoms with E-state index in [9.17, 15) is 18.3 Å². The van der Waals surface area contributed by atoms with Crippen LogP contribution in [0.3, 0.4) is 0 Å². The third kappa shape index (κ3) is 5.57. The van der Waals surface area contributed by atoms with Crippen molar-refractivity contribution < 1.29 is 32.1 Å². The van der Waals surface area contributed by atoms with Gasteiger partial charge in [0.2, 0.25) is 5.82 Å². The predicted octanol–water partition coefficient (Wildman–Crippen LogP) is 7.61. The molecular formula is C29H30F4O3. The van der Waals surface area contributed by atoms with Gasteiger partial charge in [-0.25, -0.2) is 13.2 Å². The Kier molecular flexibility index (Phi) is 8.32. The van der Waals surface area contributed by atoms with E-state index >= 15 is 4.39 Å². The Morgan fingerprint density at radius 2 is 1.53 bits per heavy atom. The van der Waals surface area contributed by atoms with Gasteiger partial charge in [-0.15, -0.1) is 0 Å². The van der Waals surface area contributed by atoms with E-state index < -0.39 is 29.4 Å². The quantitative estimate of drug-likeness (QED) is 0.322. The molecule has 1 saturated carbocycles. The summed E-state index contributed by atoms with van der Waals surface area (Å²) in [6.07, 6.45) is 1.61. The summed E-state index contributed by atoms with van der Waals surface area (Å²) in [4.78, 5) is 0. The first-order valence-electron chi connectivity index (χ1n) is 12.3. The van der Waals surface area contributed by atoms with E-state index in [0.717, 1.165) is 0 Å². The molecule has 0 bridgehead atoms. The van der Waals surface area contributed by atoms with Crippen molar-refractivity contribution in [1.82, 2.24) is 0 Å². The van der Waals surface area contributed by atoms with E-state index in [1.165, 1.54) is 12.1 Å². The summed E-state index contributed by atoms with van der Waals surface area (Å²) in [7, 11) is 0. The zero-order valence-electron chi connectivity index (χ0n) is 20.4. The van der Waals surface area contributed by atoms with E-state index in [2.05, 4.69) is 0 Å². The monoisotopic (exact) mass is 502 g/mol. The van der Waals surface area contributed by atoms with Crippen molar-refractivity contribution in [3.05, 3.63) is 88.5 Å². The van der Waals surface area contributed by atoms with Crippen LogP contribution < -0.4 is 4.74 Å². The summed E-state index contributed by atoms with van der Waals surface area (Å²) < 4.78 is 69.3. The topological polar surface area (TPSA) is 38.7 Å². The number of aliphatic hydroxyl groups excluding tert-OH is 1. The zero-order valence-corrected chi connectivity index (χ0v) is 20.4. The van der Waals surface area contributed by atoms with Crippen molar-refractivity contribution in [3.8, 4) is 16.9 Å². The molecule has 192 valence electrons. The third-order valence-electron chi connectivity index (χ3n) is 6.83. The molecule has 36 heavy (non-hydrogen) atoms. The fraction of sp³-hybridized carbons (Fsp3) is 0.379. The Bertz CT molecular complexity index is 1190. The van der Waals surface area contributed by atoms with Crippen LogP contribution in [0, 0.1) is 23.3 Å². The van der Waals surface area contributed by atoms with Gasteiger partial charge in [0.25, 0.3) is 0 Å². The molecular weight excluding hydrogens is 472 g/mol. The fourth-order valence-electron chi connectivity index (χ4n) is 4.74. The van der Waals surface area contributed by atoms with Crippen molar-refractivity contribution >= 4 is 0 Å². The summed E-state index contributed by atoms with van der Waals surface area (Å²) in [5.41, 5.74) is 1.87. The summed E-state index contributed by atoms with van der Waals surface area (Å²) in [6, 6.07) is 12.8. The smallest absolute Gasteiger partial charge is 0.200 e. The van der Waals surface area contributed by atoms with E-state index in [0.29, 0.717) is 42.4 Å². The Morgan fingerprint density at radius 1 is 0.833 bits per heavy atom. The van der Waals surface area contributed by atoms with Crippen molar-refractivity contribution in [3.63, 3.8) is 0 Å². The lowest BCUT2D eigenvalue weighted by Crippen LogP contribution is -2.21. The van der Waals surface area contributed by atoms with Crippen LogP contribution in [-0.2, 0) is 11.3 Å². The minimum Gasteiger partial charge on any atom is -0.491 e. The van der Waals surface area contributed by atoms with Crippen LogP contribution in [0.15, 0.2) is 48.5 Å². The summed E-state index contributed by atoms with van der Waals surface area (Å²) >= 11 is 0. The third-order valence-corrected chi connectivity index (χ3v) is 6.83. The highest BCUT2D eigenvalue weighted by Gasteiger charge is 2.27. The number of aliphatic hydroxyl groups is 1. The SMILES string of the molecule is CCOc1ccc(COC2CCC(c3ccc(-c4ccc(C(C)O)cc4)c(F)c3F)CC2)c(F)c1F. The van der Waals surface area contributed by atoms with Gasteiger partial charge in [0.05, 0.1) is 25.4 Å². The van der Waals surface area contributed by atoms with Crippen molar-refractivity contribution in [1.29, 1.82) is 0 Å². The zero-order chi connectivity index (χ0) is 25.8. The number of hydrogen-bond acceptors (Lipinski definition) is 3. The molecule has 1 aliphatic carbocycles. The molecule has 1 unspecified atom stereocenters. The van der Waals surface area contributed by atoms with Gasteiger partial charge >= 0.3 is 0 Å². The average Bonchev–Trinajstić information content (AvgIpc) is 2.88. The van der Waals surface area contributed by atoms with Crippen molar-refractivity contribution in [2.45, 2.75) is 64.3 Å². The van der Waals surface area contributed by atoms with Gasteiger partial charge in [-0.1, -0.05) is 36.4 Å². The molecule has 0 saturated heterocycles. The first-order chi connectivity index (χ1) is 17.3.